The van der Waals surface area contributed by atoms with Gasteiger partial charge in [-0.3, -0.25) is 19.5 Å². The number of unbranched alkanes of at least 4 members (excludes halogenated alkanes) is 14. The average Bonchev–Trinajstić information content (AvgIpc) is 3.68. The molecule has 0 radical (unpaired) electrons. The van der Waals surface area contributed by atoms with Crippen molar-refractivity contribution in [3.05, 3.63) is 116 Å². The quantitative estimate of drug-likeness (QED) is 0.0323. The van der Waals surface area contributed by atoms with E-state index >= 15 is 0 Å². The molecule has 1 unspecified atom stereocenters. The molecule has 13 heteroatoms. The highest BCUT2D eigenvalue weighted by Crippen LogP contribution is 2.39. The molecule has 0 aliphatic carbocycles. The van der Waals surface area contributed by atoms with E-state index in [1.807, 2.05) is 60.7 Å². The fourth-order valence-corrected chi connectivity index (χ4v) is 8.74. The molecule has 6 rings (SSSR count). The van der Waals surface area contributed by atoms with E-state index in [1.54, 1.807) is 12.1 Å². The molecule has 9 nitrogen and oxygen atoms in total. The third kappa shape index (κ3) is 11.5. The number of aromatic nitrogens is 2. The third-order valence-corrected chi connectivity index (χ3v) is 11.8. The largest absolute Gasteiger partial charge is 0.301 e. The van der Waals surface area contributed by atoms with Crippen LogP contribution in [0.5, 0.6) is 0 Å². The number of halogens is 4. The van der Waals surface area contributed by atoms with E-state index in [9.17, 15) is 14.4 Å². The van der Waals surface area contributed by atoms with E-state index < -0.39 is 22.8 Å². The van der Waals surface area contributed by atoms with Gasteiger partial charge in [-0.05, 0) is 54.1 Å². The van der Waals surface area contributed by atoms with E-state index in [0.29, 0.717) is 11.4 Å². The van der Waals surface area contributed by atoms with Gasteiger partial charge in [0.1, 0.15) is 11.1 Å². The molecule has 1 fully saturated rings. The molecule has 5 aromatic rings. The van der Waals surface area contributed by atoms with Crippen molar-refractivity contribution in [1.82, 2.24) is 14.8 Å². The maximum absolute atomic E-state index is 14.5. The van der Waals surface area contributed by atoms with Crippen molar-refractivity contribution in [3.63, 3.8) is 0 Å². The van der Waals surface area contributed by atoms with Crippen LogP contribution in [0.1, 0.15) is 115 Å². The van der Waals surface area contributed by atoms with Crippen LogP contribution in [0, 0.1) is 0 Å². The lowest BCUT2D eigenvalue weighted by Gasteiger charge is -2.31. The number of nitrogens with zero attached hydrogens (tertiary/aromatic N) is 5. The Morgan fingerprint density at radius 1 is 0.750 bits per heavy atom. The Morgan fingerprint density at radius 3 is 2.02 bits per heavy atom. The lowest BCUT2D eigenvalue weighted by molar-refractivity contribution is -0.138. The fourth-order valence-electron chi connectivity index (χ4n) is 7.53. The summed E-state index contributed by atoms with van der Waals surface area (Å²) in [5.74, 6) is -1.26. The summed E-state index contributed by atoms with van der Waals surface area (Å²) in [7, 11) is 0. The van der Waals surface area contributed by atoms with Gasteiger partial charge >= 0.3 is 5.56 Å². The number of hydrazine groups is 1. The van der Waals surface area contributed by atoms with Gasteiger partial charge in [0.05, 0.1) is 27.8 Å². The number of benzene rings is 4. The number of carbonyl (C=O) groups excluding carboxylic acids is 2. The van der Waals surface area contributed by atoms with E-state index in [-0.39, 0.29) is 38.7 Å². The maximum Gasteiger partial charge on any atom is 0.301 e. The minimum absolute atomic E-state index is 0.0397. The summed E-state index contributed by atoms with van der Waals surface area (Å²) in [6.45, 7) is 2.26. The predicted octanol–water partition coefficient (Wildman–Crippen LogP) is 15.0. The number of allylic oxidation sites excluding steroid dienone is 1. The molecule has 2 amide bonds. The van der Waals surface area contributed by atoms with Crippen molar-refractivity contribution in [3.8, 4) is 5.69 Å². The second-order valence-corrected chi connectivity index (χ2v) is 17.1. The molecule has 0 spiro atoms. The Hall–Kier alpha value is -4.41. The van der Waals surface area contributed by atoms with Gasteiger partial charge in [0.2, 0.25) is 0 Å². The standard InChI is InChI=1S/C47H52Cl4N6O3/c1-2-3-4-5-6-7-8-9-10-11-12-13-14-15-16-17-22-33-23-20-26-36(29-33)56(57-42(58)32-40(51)46(57)59)45-43(53-52-41-28-21-25-34-24-18-19-27-37(34)41)47(60)55(54-45)44-38(49)30-35(48)31-39(44)50/h17-31,40,54H,2-16,32H2,1H3. The molecule has 0 bridgehead atoms. The molecule has 1 N–H and O–H groups in total. The van der Waals surface area contributed by atoms with Gasteiger partial charge < -0.3 is 0 Å². The number of imide groups is 1. The zero-order valence-electron chi connectivity index (χ0n) is 34.0. The van der Waals surface area contributed by atoms with E-state index in [2.05, 4.69) is 28.3 Å². The van der Waals surface area contributed by atoms with Gasteiger partial charge in [-0.25, -0.2) is 9.69 Å². The molecule has 1 aromatic heterocycles. The van der Waals surface area contributed by atoms with Crippen molar-refractivity contribution in [1.29, 1.82) is 0 Å². The Balaban J connectivity index is 1.24. The second-order valence-electron chi connectivity index (χ2n) is 15.3. The number of amides is 2. The van der Waals surface area contributed by atoms with Gasteiger partial charge in [0, 0.05) is 10.4 Å². The first-order valence-electron chi connectivity index (χ1n) is 21.1. The number of anilines is 2. The smallest absolute Gasteiger partial charge is 0.272 e. The molecule has 1 atom stereocenters. The Bertz CT molecular complexity index is 2340. The highest BCUT2D eigenvalue weighted by molar-refractivity contribution is 6.40. The molecule has 316 valence electrons. The average molecular weight is 891 g/mol. The van der Waals surface area contributed by atoms with Crippen molar-refractivity contribution in [2.24, 2.45) is 10.2 Å². The summed E-state index contributed by atoms with van der Waals surface area (Å²) in [5.41, 5.74) is 0.895. The lowest BCUT2D eigenvalue weighted by Crippen LogP contribution is -2.44. The van der Waals surface area contributed by atoms with Crippen LogP contribution in [0.2, 0.25) is 15.1 Å². The lowest BCUT2D eigenvalue weighted by atomic mass is 10.0. The number of alkyl halides is 1. The van der Waals surface area contributed by atoms with Gasteiger partial charge in [0.15, 0.2) is 11.5 Å². The molecular weight excluding hydrogens is 838 g/mol. The summed E-state index contributed by atoms with van der Waals surface area (Å²) >= 11 is 25.9. The number of carbonyl (C=O) groups is 2. The molecule has 1 aliphatic heterocycles. The number of azo groups is 1. The fraction of sp³-hybridized carbons (Fsp3) is 0.383. The second kappa shape index (κ2) is 22.4. The Labute approximate surface area is 372 Å². The van der Waals surface area contributed by atoms with E-state index in [1.165, 1.54) is 101 Å². The topological polar surface area (TPSA) is 103 Å². The number of hydrogen-bond donors (Lipinski definition) is 1. The summed E-state index contributed by atoms with van der Waals surface area (Å²) in [4.78, 5) is 41.7. The molecule has 1 aliphatic rings. The van der Waals surface area contributed by atoms with Crippen LogP contribution >= 0.6 is 46.4 Å². The molecule has 2 heterocycles. The van der Waals surface area contributed by atoms with Crippen LogP contribution < -0.4 is 10.6 Å². The van der Waals surface area contributed by atoms with Crippen LogP contribution in [0.15, 0.2) is 100.0 Å². The summed E-state index contributed by atoms with van der Waals surface area (Å²) < 4.78 is 1.10. The number of hydrogen-bond acceptors (Lipinski definition) is 6. The minimum Gasteiger partial charge on any atom is -0.272 e. The van der Waals surface area contributed by atoms with Crippen molar-refractivity contribution in [2.75, 3.05) is 5.01 Å². The van der Waals surface area contributed by atoms with Crippen LogP contribution in [0.4, 0.5) is 22.9 Å². The summed E-state index contributed by atoms with van der Waals surface area (Å²) in [6, 6.07) is 23.4. The molecule has 1 saturated heterocycles. The van der Waals surface area contributed by atoms with Crippen LogP contribution in [-0.4, -0.2) is 32.0 Å². The first-order chi connectivity index (χ1) is 29.2. The van der Waals surface area contributed by atoms with Crippen LogP contribution in [0.25, 0.3) is 22.5 Å². The maximum atomic E-state index is 14.5. The molecule has 60 heavy (non-hydrogen) atoms. The van der Waals surface area contributed by atoms with Crippen molar-refractivity contribution >= 4 is 97.9 Å². The Morgan fingerprint density at radius 2 is 1.37 bits per heavy atom. The zero-order valence-corrected chi connectivity index (χ0v) is 37.0. The van der Waals surface area contributed by atoms with Crippen LogP contribution in [0.3, 0.4) is 0 Å². The van der Waals surface area contributed by atoms with Crippen molar-refractivity contribution < 1.29 is 9.59 Å². The van der Waals surface area contributed by atoms with Gasteiger partial charge in [0.25, 0.3) is 11.8 Å². The van der Waals surface area contributed by atoms with Crippen molar-refractivity contribution in [2.45, 2.75) is 115 Å². The predicted molar refractivity (Wildman–Crippen MR) is 248 cm³/mol. The number of rotatable bonds is 22. The monoisotopic (exact) mass is 888 g/mol. The molecule has 0 saturated carbocycles. The normalized spacial score (nSPS) is 14.5. The first-order valence-corrected chi connectivity index (χ1v) is 22.7. The van der Waals surface area contributed by atoms with E-state index in [4.69, 9.17) is 46.4 Å². The zero-order chi connectivity index (χ0) is 42.4. The summed E-state index contributed by atoms with van der Waals surface area (Å²) in [5, 5.41) is 15.4. The first kappa shape index (κ1) is 45.1. The molecule has 4 aromatic carbocycles. The van der Waals surface area contributed by atoms with E-state index in [0.717, 1.165) is 38.9 Å². The number of H-pyrrole nitrogens is 1. The van der Waals surface area contributed by atoms with Gasteiger partial charge in [-0.1, -0.05) is 186 Å². The SMILES string of the molecule is CCCCCCCCCCCCCCCCC=Cc1cccc(N(c2[nH]n(-c3c(Cl)cc(Cl)cc3Cl)c(=O)c2N=Nc2cccc3ccccc23)N2C(=O)CC(Cl)C2=O)c1. The number of fused-ring (bicyclic) bond motifs is 1. The highest BCUT2D eigenvalue weighted by atomic mass is 35.5. The number of nitrogens with one attached hydrogen (secondary N) is 1. The Kier molecular flexibility index (Phi) is 16.9. The summed E-state index contributed by atoms with van der Waals surface area (Å²) in [6.07, 6.45) is 23.2. The highest BCUT2D eigenvalue weighted by Gasteiger charge is 2.44. The van der Waals surface area contributed by atoms with Gasteiger partial charge in [-0.2, -0.15) is 5.01 Å². The van der Waals surface area contributed by atoms with Gasteiger partial charge in [-0.15, -0.1) is 21.8 Å². The third-order valence-electron chi connectivity index (χ3n) is 10.7. The molecular formula is C47H52Cl4N6O3. The number of aromatic amines is 1. The van der Waals surface area contributed by atoms with Crippen LogP contribution in [-0.2, 0) is 9.59 Å². The minimum atomic E-state index is -1.11.